The molecule has 0 aromatic heterocycles. The van der Waals surface area contributed by atoms with Crippen molar-refractivity contribution in [3.8, 4) is 0 Å². The number of allylic oxidation sites excluding steroid dienone is 3. The zero-order chi connectivity index (χ0) is 18.8. The molecule has 1 aliphatic carbocycles. The molecule has 0 heterocycles. The number of hydrogen-bond donors (Lipinski definition) is 0. The van der Waals surface area contributed by atoms with Crippen LogP contribution in [0.25, 0.3) is 11.1 Å². The van der Waals surface area contributed by atoms with Crippen molar-refractivity contribution < 1.29 is 14.3 Å². The summed E-state index contributed by atoms with van der Waals surface area (Å²) in [7, 11) is 0. The van der Waals surface area contributed by atoms with Crippen molar-refractivity contribution in [1.29, 1.82) is 0 Å². The van der Waals surface area contributed by atoms with Crippen molar-refractivity contribution in [1.82, 2.24) is 0 Å². The molecule has 0 atom stereocenters. The molecule has 0 fully saturated rings. The predicted molar refractivity (Wildman–Crippen MR) is 103 cm³/mol. The van der Waals surface area contributed by atoms with Crippen LogP contribution < -0.4 is 0 Å². The summed E-state index contributed by atoms with van der Waals surface area (Å²) in [6, 6.07) is 15.8. The summed E-state index contributed by atoms with van der Waals surface area (Å²) in [5.41, 5.74) is 5.51. The van der Waals surface area contributed by atoms with Crippen LogP contribution in [0.2, 0.25) is 0 Å². The molecule has 0 saturated carbocycles. The van der Waals surface area contributed by atoms with Crippen LogP contribution in [0.1, 0.15) is 36.1 Å². The molecule has 0 N–H and O–H groups in total. The number of carbonyl (C=O) groups is 2. The molecule has 2 aromatic carbocycles. The average Bonchev–Trinajstić information content (AvgIpc) is 2.93. The van der Waals surface area contributed by atoms with Gasteiger partial charge in [0.2, 0.25) is 0 Å². The second-order valence-electron chi connectivity index (χ2n) is 6.86. The lowest BCUT2D eigenvalue weighted by Gasteiger charge is -2.13. The molecule has 3 nitrogen and oxygen atoms in total. The number of rotatable bonds is 4. The van der Waals surface area contributed by atoms with E-state index in [1.165, 1.54) is 6.08 Å². The fourth-order valence-corrected chi connectivity index (χ4v) is 2.99. The molecule has 0 spiro atoms. The maximum Gasteiger partial charge on any atom is 0.343 e. The summed E-state index contributed by atoms with van der Waals surface area (Å²) in [5, 5.41) is 0. The highest BCUT2D eigenvalue weighted by atomic mass is 16.5. The van der Waals surface area contributed by atoms with E-state index in [4.69, 9.17) is 4.74 Å². The number of ketones is 1. The molecular weight excluding hydrogens is 324 g/mol. The Labute approximate surface area is 154 Å². The van der Waals surface area contributed by atoms with Gasteiger partial charge in [-0.15, -0.1) is 0 Å². The minimum absolute atomic E-state index is 0.109. The molecule has 0 bridgehead atoms. The van der Waals surface area contributed by atoms with Crippen molar-refractivity contribution >= 4 is 22.9 Å². The Morgan fingerprint density at radius 3 is 1.85 bits per heavy atom. The topological polar surface area (TPSA) is 43.4 Å². The van der Waals surface area contributed by atoms with E-state index in [2.05, 4.69) is 0 Å². The molecule has 2 aromatic rings. The van der Waals surface area contributed by atoms with Crippen molar-refractivity contribution in [2.24, 2.45) is 0 Å². The number of ether oxygens (including phenoxy) is 1. The van der Waals surface area contributed by atoms with Crippen LogP contribution in [0, 0.1) is 13.8 Å². The average molecular weight is 346 g/mol. The Morgan fingerprint density at radius 2 is 1.35 bits per heavy atom. The Hall–Kier alpha value is -2.94. The molecule has 0 amide bonds. The summed E-state index contributed by atoms with van der Waals surface area (Å²) >= 11 is 0. The van der Waals surface area contributed by atoms with Gasteiger partial charge in [-0.1, -0.05) is 59.7 Å². The van der Waals surface area contributed by atoms with Gasteiger partial charge >= 0.3 is 5.97 Å². The monoisotopic (exact) mass is 346 g/mol. The van der Waals surface area contributed by atoms with Crippen LogP contribution in [0.5, 0.6) is 0 Å². The van der Waals surface area contributed by atoms with E-state index in [-0.39, 0.29) is 17.5 Å². The minimum atomic E-state index is -0.570. The van der Waals surface area contributed by atoms with Crippen LogP contribution in [-0.4, -0.2) is 17.9 Å². The van der Waals surface area contributed by atoms with Gasteiger partial charge in [0.05, 0.1) is 6.10 Å². The Bertz CT molecular complexity index is 911. The quantitative estimate of drug-likeness (QED) is 0.596. The van der Waals surface area contributed by atoms with E-state index in [1.807, 2.05) is 62.4 Å². The standard InChI is InChI=1S/C23H22O3/c1-14(2)26-23(25)22-20(24)13-19(17-9-5-15(3)6-10-17)21(22)18-11-7-16(4)8-12-18/h5-14H,1-4H3. The molecule has 0 saturated heterocycles. The fraction of sp³-hybridized carbons (Fsp3) is 0.217. The maximum absolute atomic E-state index is 12.7. The lowest BCUT2D eigenvalue weighted by atomic mass is 9.92. The van der Waals surface area contributed by atoms with Gasteiger partial charge in [0.25, 0.3) is 0 Å². The van der Waals surface area contributed by atoms with E-state index in [0.29, 0.717) is 5.57 Å². The van der Waals surface area contributed by atoms with E-state index >= 15 is 0 Å². The third-order valence-corrected chi connectivity index (χ3v) is 4.29. The Kier molecular flexibility index (Phi) is 4.90. The number of esters is 1. The van der Waals surface area contributed by atoms with Crippen molar-refractivity contribution in [2.75, 3.05) is 0 Å². The van der Waals surface area contributed by atoms with Gasteiger partial charge in [0, 0.05) is 5.57 Å². The van der Waals surface area contributed by atoms with E-state index in [9.17, 15) is 9.59 Å². The zero-order valence-corrected chi connectivity index (χ0v) is 15.5. The third kappa shape index (κ3) is 3.52. The summed E-state index contributed by atoms with van der Waals surface area (Å²) < 4.78 is 5.33. The van der Waals surface area contributed by atoms with Crippen molar-refractivity contribution in [3.63, 3.8) is 0 Å². The highest BCUT2D eigenvalue weighted by Crippen LogP contribution is 2.39. The smallest absolute Gasteiger partial charge is 0.343 e. The first kappa shape index (κ1) is 17.9. The highest BCUT2D eigenvalue weighted by Gasteiger charge is 2.32. The van der Waals surface area contributed by atoms with Gasteiger partial charge in [0.15, 0.2) is 5.78 Å². The SMILES string of the molecule is Cc1ccc(C2=CC(=O)C(C(=O)OC(C)C)=C2c2ccc(C)cc2)cc1. The van der Waals surface area contributed by atoms with Gasteiger partial charge in [-0.2, -0.15) is 0 Å². The molecule has 1 aliphatic rings. The molecular formula is C23H22O3. The molecule has 0 unspecified atom stereocenters. The van der Waals surface area contributed by atoms with Crippen LogP contribution in [0.15, 0.2) is 60.2 Å². The molecule has 3 heteroatoms. The maximum atomic E-state index is 12.7. The van der Waals surface area contributed by atoms with Crippen LogP contribution in [-0.2, 0) is 14.3 Å². The predicted octanol–water partition coefficient (Wildman–Crippen LogP) is 4.67. The number of aryl methyl sites for hydroxylation is 2. The fourth-order valence-electron chi connectivity index (χ4n) is 2.99. The summed E-state index contributed by atoms with van der Waals surface area (Å²) in [4.78, 5) is 25.3. The lowest BCUT2D eigenvalue weighted by Crippen LogP contribution is -2.17. The molecule has 3 rings (SSSR count). The number of benzene rings is 2. The lowest BCUT2D eigenvalue weighted by molar-refractivity contribution is -0.143. The first-order valence-electron chi connectivity index (χ1n) is 8.72. The summed E-state index contributed by atoms with van der Waals surface area (Å²) in [6.45, 7) is 7.57. The van der Waals surface area contributed by atoms with Crippen molar-refractivity contribution in [3.05, 3.63) is 82.4 Å². The number of hydrogen-bond acceptors (Lipinski definition) is 3. The van der Waals surface area contributed by atoms with Crippen LogP contribution in [0.4, 0.5) is 0 Å². The molecule has 0 radical (unpaired) electrons. The first-order chi connectivity index (χ1) is 12.4. The Balaban J connectivity index is 2.17. The van der Waals surface area contributed by atoms with Gasteiger partial charge < -0.3 is 4.74 Å². The van der Waals surface area contributed by atoms with Gasteiger partial charge in [-0.3, -0.25) is 4.79 Å². The molecule has 26 heavy (non-hydrogen) atoms. The summed E-state index contributed by atoms with van der Waals surface area (Å²) in [5.74, 6) is -0.874. The van der Waals surface area contributed by atoms with E-state index in [0.717, 1.165) is 27.8 Å². The first-order valence-corrected chi connectivity index (χ1v) is 8.72. The largest absolute Gasteiger partial charge is 0.459 e. The second-order valence-corrected chi connectivity index (χ2v) is 6.86. The Morgan fingerprint density at radius 1 is 0.846 bits per heavy atom. The van der Waals surface area contributed by atoms with Gasteiger partial charge in [-0.25, -0.2) is 4.79 Å². The third-order valence-electron chi connectivity index (χ3n) is 4.29. The van der Waals surface area contributed by atoms with E-state index in [1.54, 1.807) is 13.8 Å². The van der Waals surface area contributed by atoms with Gasteiger partial charge in [-0.05, 0) is 50.5 Å². The molecule has 132 valence electrons. The van der Waals surface area contributed by atoms with Crippen molar-refractivity contribution in [2.45, 2.75) is 33.8 Å². The highest BCUT2D eigenvalue weighted by molar-refractivity contribution is 6.38. The zero-order valence-electron chi connectivity index (χ0n) is 15.5. The second kappa shape index (κ2) is 7.12. The summed E-state index contributed by atoms with van der Waals surface area (Å²) in [6.07, 6.45) is 1.25. The normalized spacial score (nSPS) is 14.0. The van der Waals surface area contributed by atoms with E-state index < -0.39 is 5.97 Å². The molecule has 0 aliphatic heterocycles. The minimum Gasteiger partial charge on any atom is -0.459 e. The number of carbonyl (C=O) groups excluding carboxylic acids is 2. The van der Waals surface area contributed by atoms with Gasteiger partial charge in [0.1, 0.15) is 5.57 Å². The van der Waals surface area contributed by atoms with Crippen LogP contribution in [0.3, 0.4) is 0 Å². The van der Waals surface area contributed by atoms with Crippen LogP contribution >= 0.6 is 0 Å².